The summed E-state index contributed by atoms with van der Waals surface area (Å²) in [6, 6.07) is 10.5. The molecule has 0 saturated carbocycles. The monoisotopic (exact) mass is 265 g/mol. The van der Waals surface area contributed by atoms with Crippen molar-refractivity contribution in [3.05, 3.63) is 60.2 Å². The number of hydrogen-bond acceptors (Lipinski definition) is 2. The van der Waals surface area contributed by atoms with Crippen LogP contribution in [0.3, 0.4) is 0 Å². The van der Waals surface area contributed by atoms with Crippen LogP contribution in [-0.4, -0.2) is 14.5 Å². The third kappa shape index (κ3) is 2.31. The van der Waals surface area contributed by atoms with Crippen molar-refractivity contribution in [3.63, 3.8) is 0 Å². The zero-order chi connectivity index (χ0) is 14.2. The molecule has 0 spiro atoms. The molecule has 0 unspecified atom stereocenters. The van der Waals surface area contributed by atoms with E-state index in [0.29, 0.717) is 0 Å². The van der Waals surface area contributed by atoms with Crippen LogP contribution >= 0.6 is 0 Å². The fraction of sp³-hybridized carbons (Fsp3) is 0.294. The molecule has 0 N–H and O–H groups in total. The van der Waals surface area contributed by atoms with Gasteiger partial charge >= 0.3 is 0 Å². The van der Waals surface area contributed by atoms with Gasteiger partial charge in [-0.1, -0.05) is 20.8 Å². The summed E-state index contributed by atoms with van der Waals surface area (Å²) in [5.41, 5.74) is 3.69. The van der Waals surface area contributed by atoms with Gasteiger partial charge in [0.25, 0.3) is 0 Å². The fourth-order valence-electron chi connectivity index (χ4n) is 2.54. The summed E-state index contributed by atoms with van der Waals surface area (Å²) in [6.45, 7) is 7.55. The Kier molecular flexibility index (Phi) is 3.05. The lowest BCUT2D eigenvalue weighted by Gasteiger charge is -2.21. The minimum atomic E-state index is 0.0910. The Morgan fingerprint density at radius 1 is 1.05 bits per heavy atom. The van der Waals surface area contributed by atoms with Gasteiger partial charge in [0.15, 0.2) is 0 Å². The first-order valence-corrected chi connectivity index (χ1v) is 6.89. The number of nitrogens with zero attached hydrogens (tertiary/aromatic N) is 3. The summed E-state index contributed by atoms with van der Waals surface area (Å²) < 4.78 is 2.31. The minimum Gasteiger partial charge on any atom is -0.325 e. The highest BCUT2D eigenvalue weighted by Crippen LogP contribution is 2.29. The topological polar surface area (TPSA) is 30.7 Å². The van der Waals surface area contributed by atoms with Crippen molar-refractivity contribution < 1.29 is 0 Å². The van der Waals surface area contributed by atoms with Crippen LogP contribution in [0.1, 0.15) is 32.0 Å². The molecule has 3 nitrogen and oxygen atoms in total. The van der Waals surface area contributed by atoms with Gasteiger partial charge in [0.05, 0.1) is 0 Å². The van der Waals surface area contributed by atoms with Crippen molar-refractivity contribution in [1.82, 2.24) is 14.5 Å². The quantitative estimate of drug-likeness (QED) is 0.706. The van der Waals surface area contributed by atoms with Crippen molar-refractivity contribution in [2.75, 3.05) is 0 Å². The van der Waals surface area contributed by atoms with Gasteiger partial charge in [-0.25, -0.2) is 4.98 Å². The van der Waals surface area contributed by atoms with Crippen molar-refractivity contribution in [2.24, 2.45) is 0 Å². The highest BCUT2D eigenvalue weighted by Gasteiger charge is 2.21. The molecule has 3 aromatic heterocycles. The summed E-state index contributed by atoms with van der Waals surface area (Å²) in [4.78, 5) is 8.64. The van der Waals surface area contributed by atoms with E-state index in [9.17, 15) is 0 Å². The Labute approximate surface area is 119 Å². The summed E-state index contributed by atoms with van der Waals surface area (Å²) >= 11 is 0. The molecule has 0 aliphatic carbocycles. The zero-order valence-electron chi connectivity index (χ0n) is 12.2. The predicted octanol–water partition coefficient (Wildman–Crippen LogP) is 3.78. The molecule has 3 rings (SSSR count). The van der Waals surface area contributed by atoms with E-state index >= 15 is 0 Å². The SMILES string of the molecule is CC(C)(C)c1cc2cccnc2n1Cc1ccncc1. The molecule has 0 amide bonds. The maximum Gasteiger partial charge on any atom is 0.140 e. The maximum atomic E-state index is 4.56. The molecule has 20 heavy (non-hydrogen) atoms. The number of rotatable bonds is 2. The lowest BCUT2D eigenvalue weighted by molar-refractivity contribution is 0.535. The molecule has 0 saturated heterocycles. The Bertz CT molecular complexity index is 721. The molecule has 0 aromatic carbocycles. The first-order valence-electron chi connectivity index (χ1n) is 6.89. The van der Waals surface area contributed by atoms with Crippen LogP contribution in [0.25, 0.3) is 11.0 Å². The number of hydrogen-bond donors (Lipinski definition) is 0. The summed E-state index contributed by atoms with van der Waals surface area (Å²) in [5.74, 6) is 0. The first-order chi connectivity index (χ1) is 9.55. The summed E-state index contributed by atoms with van der Waals surface area (Å²) in [5, 5.41) is 1.20. The van der Waals surface area contributed by atoms with Gasteiger partial charge in [-0.3, -0.25) is 4.98 Å². The third-order valence-corrected chi connectivity index (χ3v) is 3.51. The zero-order valence-corrected chi connectivity index (χ0v) is 12.2. The number of fused-ring (bicyclic) bond motifs is 1. The fourth-order valence-corrected chi connectivity index (χ4v) is 2.54. The minimum absolute atomic E-state index is 0.0910. The van der Waals surface area contributed by atoms with E-state index in [2.05, 4.69) is 59.6 Å². The molecule has 102 valence electrons. The standard InChI is InChI=1S/C17H19N3/c1-17(2,3)15-11-14-5-4-8-19-16(14)20(15)12-13-6-9-18-10-7-13/h4-11H,12H2,1-3H3. The Morgan fingerprint density at radius 3 is 2.50 bits per heavy atom. The van der Waals surface area contributed by atoms with E-state index in [-0.39, 0.29) is 5.41 Å². The van der Waals surface area contributed by atoms with Crippen LogP contribution in [0, 0.1) is 0 Å². The van der Waals surface area contributed by atoms with Crippen LogP contribution in [0.4, 0.5) is 0 Å². The van der Waals surface area contributed by atoms with E-state index in [1.807, 2.05) is 24.7 Å². The second-order valence-electron chi connectivity index (χ2n) is 6.14. The highest BCUT2D eigenvalue weighted by atomic mass is 15.0. The molecule has 0 aliphatic heterocycles. The van der Waals surface area contributed by atoms with E-state index in [1.54, 1.807) is 0 Å². The second-order valence-corrected chi connectivity index (χ2v) is 6.14. The van der Waals surface area contributed by atoms with Crippen LogP contribution in [0.2, 0.25) is 0 Å². The lowest BCUT2D eigenvalue weighted by atomic mass is 9.92. The van der Waals surface area contributed by atoms with E-state index in [1.165, 1.54) is 16.6 Å². The Morgan fingerprint density at radius 2 is 1.80 bits per heavy atom. The van der Waals surface area contributed by atoms with E-state index in [4.69, 9.17) is 0 Å². The van der Waals surface area contributed by atoms with Crippen molar-refractivity contribution >= 4 is 11.0 Å². The smallest absolute Gasteiger partial charge is 0.140 e. The molecule has 0 atom stereocenters. The molecular weight excluding hydrogens is 246 g/mol. The molecule has 3 aromatic rings. The van der Waals surface area contributed by atoms with Gasteiger partial charge in [0.1, 0.15) is 5.65 Å². The summed E-state index contributed by atoms with van der Waals surface area (Å²) in [7, 11) is 0. The van der Waals surface area contributed by atoms with Gasteiger partial charge in [0, 0.05) is 41.6 Å². The molecule has 3 heterocycles. The second kappa shape index (κ2) is 4.75. The van der Waals surface area contributed by atoms with E-state index < -0.39 is 0 Å². The Balaban J connectivity index is 2.16. The predicted molar refractivity (Wildman–Crippen MR) is 81.8 cm³/mol. The molecule has 0 bridgehead atoms. The normalized spacial score (nSPS) is 11.9. The molecule has 3 heteroatoms. The average Bonchev–Trinajstić information content (AvgIpc) is 2.79. The summed E-state index contributed by atoms with van der Waals surface area (Å²) in [6.07, 6.45) is 5.54. The van der Waals surface area contributed by atoms with Crippen LogP contribution in [-0.2, 0) is 12.0 Å². The lowest BCUT2D eigenvalue weighted by Crippen LogP contribution is -2.18. The molecule has 0 radical (unpaired) electrons. The van der Waals surface area contributed by atoms with Crippen LogP contribution in [0.5, 0.6) is 0 Å². The van der Waals surface area contributed by atoms with Gasteiger partial charge < -0.3 is 4.57 Å². The largest absolute Gasteiger partial charge is 0.325 e. The van der Waals surface area contributed by atoms with Crippen LogP contribution in [0.15, 0.2) is 48.9 Å². The van der Waals surface area contributed by atoms with Gasteiger partial charge in [-0.15, -0.1) is 0 Å². The Hall–Kier alpha value is -2.16. The van der Waals surface area contributed by atoms with Crippen molar-refractivity contribution in [3.8, 4) is 0 Å². The van der Waals surface area contributed by atoms with E-state index in [0.717, 1.165) is 12.2 Å². The molecular formula is C17H19N3. The number of pyridine rings is 2. The first kappa shape index (κ1) is 12.9. The molecule has 0 fully saturated rings. The van der Waals surface area contributed by atoms with Crippen molar-refractivity contribution in [1.29, 1.82) is 0 Å². The average molecular weight is 265 g/mol. The highest BCUT2D eigenvalue weighted by molar-refractivity contribution is 5.77. The van der Waals surface area contributed by atoms with Crippen LogP contribution < -0.4 is 0 Å². The molecule has 0 aliphatic rings. The van der Waals surface area contributed by atoms with Crippen molar-refractivity contribution in [2.45, 2.75) is 32.7 Å². The van der Waals surface area contributed by atoms with Gasteiger partial charge in [-0.2, -0.15) is 0 Å². The number of aromatic nitrogens is 3. The maximum absolute atomic E-state index is 4.56. The van der Waals surface area contributed by atoms with Gasteiger partial charge in [-0.05, 0) is 35.9 Å². The van der Waals surface area contributed by atoms with Gasteiger partial charge in [0.2, 0.25) is 0 Å². The third-order valence-electron chi connectivity index (χ3n) is 3.51.